The highest BCUT2D eigenvalue weighted by Gasteiger charge is 1.97. The van der Waals surface area contributed by atoms with Gasteiger partial charge in [0, 0.05) is 5.69 Å². The van der Waals surface area contributed by atoms with Crippen LogP contribution in [0.1, 0.15) is 25.3 Å². The number of anilines is 1. The van der Waals surface area contributed by atoms with Gasteiger partial charge in [0.15, 0.2) is 0 Å². The van der Waals surface area contributed by atoms with E-state index in [0.717, 1.165) is 5.69 Å². The number of nitrogens with one attached hydrogen (secondary N) is 1. The van der Waals surface area contributed by atoms with Gasteiger partial charge < -0.3 is 10.4 Å². The second-order valence-corrected chi connectivity index (χ2v) is 3.11. The second kappa shape index (κ2) is 4.12. The number of rotatable bonds is 3. The first kappa shape index (κ1) is 9.07. The minimum Gasteiger partial charge on any atom is -0.377 e. The number of hydrogen-bond donors (Lipinski definition) is 2. The third-order valence-electron chi connectivity index (χ3n) is 1.86. The summed E-state index contributed by atoms with van der Waals surface area (Å²) in [5.41, 5.74) is 2.28. The summed E-state index contributed by atoms with van der Waals surface area (Å²) in [5, 5.41) is 11.4. The molecule has 66 valence electrons. The summed E-state index contributed by atoms with van der Waals surface area (Å²) < 4.78 is 0. The molecule has 0 heterocycles. The van der Waals surface area contributed by atoms with E-state index in [9.17, 15) is 0 Å². The van der Waals surface area contributed by atoms with Crippen LogP contribution in [0.25, 0.3) is 0 Å². The van der Waals surface area contributed by atoms with Gasteiger partial charge in [0.25, 0.3) is 0 Å². The Morgan fingerprint density at radius 2 is 1.83 bits per heavy atom. The largest absolute Gasteiger partial charge is 0.377 e. The average Bonchev–Trinajstić information content (AvgIpc) is 2.06. The molecule has 0 aliphatic heterocycles. The zero-order valence-electron chi connectivity index (χ0n) is 7.54. The van der Waals surface area contributed by atoms with Gasteiger partial charge in [-0.2, -0.15) is 0 Å². The lowest BCUT2D eigenvalue weighted by Gasteiger charge is -2.06. The molecule has 1 rings (SSSR count). The highest BCUT2D eigenvalue weighted by molar-refractivity contribution is 5.44. The van der Waals surface area contributed by atoms with Gasteiger partial charge in [-0.05, 0) is 23.6 Å². The maximum absolute atomic E-state index is 8.59. The highest BCUT2D eigenvalue weighted by atomic mass is 16.3. The van der Waals surface area contributed by atoms with Crippen LogP contribution in [-0.2, 0) is 0 Å². The number of hydrogen-bond acceptors (Lipinski definition) is 2. The summed E-state index contributed by atoms with van der Waals surface area (Å²) in [6, 6.07) is 8.10. The van der Waals surface area contributed by atoms with Crippen molar-refractivity contribution in [2.24, 2.45) is 0 Å². The molecule has 2 heteroatoms. The van der Waals surface area contributed by atoms with Crippen molar-refractivity contribution in [2.45, 2.75) is 19.8 Å². The molecule has 0 radical (unpaired) electrons. The molecule has 0 fully saturated rings. The van der Waals surface area contributed by atoms with Gasteiger partial charge in [-0.3, -0.25) is 0 Å². The molecule has 0 aliphatic carbocycles. The first-order valence-electron chi connectivity index (χ1n) is 4.18. The molecular weight excluding hydrogens is 150 g/mol. The Morgan fingerprint density at radius 3 is 2.25 bits per heavy atom. The first-order valence-corrected chi connectivity index (χ1v) is 4.18. The molecule has 0 unspecified atom stereocenters. The van der Waals surface area contributed by atoms with Crippen molar-refractivity contribution in [1.29, 1.82) is 0 Å². The van der Waals surface area contributed by atoms with Crippen LogP contribution in [0, 0.1) is 0 Å². The quantitative estimate of drug-likeness (QED) is 0.673. The van der Waals surface area contributed by atoms with Crippen molar-refractivity contribution in [2.75, 3.05) is 12.0 Å². The van der Waals surface area contributed by atoms with Gasteiger partial charge in [0.05, 0.1) is 0 Å². The molecule has 1 aromatic carbocycles. The minimum absolute atomic E-state index is 0.0129. The molecule has 0 spiro atoms. The van der Waals surface area contributed by atoms with Crippen LogP contribution in [-0.4, -0.2) is 11.8 Å². The predicted octanol–water partition coefficient (Wildman–Crippen LogP) is 2.17. The fraction of sp³-hybridized carbons (Fsp3) is 0.400. The predicted molar refractivity (Wildman–Crippen MR) is 51.2 cm³/mol. The van der Waals surface area contributed by atoms with E-state index >= 15 is 0 Å². The summed E-state index contributed by atoms with van der Waals surface area (Å²) in [6.07, 6.45) is 0. The minimum atomic E-state index is -0.0129. The second-order valence-electron chi connectivity index (χ2n) is 3.11. The average molecular weight is 165 g/mol. The Bertz CT molecular complexity index is 228. The maximum Gasteiger partial charge on any atom is 0.113 e. The zero-order chi connectivity index (χ0) is 8.97. The molecule has 0 bridgehead atoms. The molecule has 0 aliphatic rings. The van der Waals surface area contributed by atoms with Crippen LogP contribution >= 0.6 is 0 Å². The Labute approximate surface area is 73.2 Å². The molecule has 12 heavy (non-hydrogen) atoms. The molecule has 2 nitrogen and oxygen atoms in total. The third kappa shape index (κ3) is 2.24. The lowest BCUT2D eigenvalue weighted by molar-refractivity contribution is 0.325. The van der Waals surface area contributed by atoms with Crippen molar-refractivity contribution in [3.63, 3.8) is 0 Å². The first-order chi connectivity index (χ1) is 5.74. The van der Waals surface area contributed by atoms with E-state index in [4.69, 9.17) is 5.11 Å². The third-order valence-corrected chi connectivity index (χ3v) is 1.86. The molecular formula is C10H15NO. The van der Waals surface area contributed by atoms with Crippen LogP contribution in [0.2, 0.25) is 0 Å². The van der Waals surface area contributed by atoms with E-state index in [-0.39, 0.29) is 6.73 Å². The maximum atomic E-state index is 8.59. The summed E-state index contributed by atoms with van der Waals surface area (Å²) >= 11 is 0. The zero-order valence-corrected chi connectivity index (χ0v) is 7.54. The van der Waals surface area contributed by atoms with Crippen molar-refractivity contribution in [3.05, 3.63) is 29.8 Å². The number of aliphatic hydroxyl groups excluding tert-OH is 1. The lowest BCUT2D eigenvalue weighted by Crippen LogP contribution is -1.99. The monoisotopic (exact) mass is 165 g/mol. The fourth-order valence-corrected chi connectivity index (χ4v) is 1.08. The standard InChI is InChI=1S/C10H15NO/c1-8(2)9-3-5-10(6-4-9)11-7-12/h3-6,8,11-12H,7H2,1-2H3. The van der Waals surface area contributed by atoms with E-state index < -0.39 is 0 Å². The van der Waals surface area contributed by atoms with Gasteiger partial charge in [-0.15, -0.1) is 0 Å². The lowest BCUT2D eigenvalue weighted by atomic mass is 10.0. The summed E-state index contributed by atoms with van der Waals surface area (Å²) in [4.78, 5) is 0. The summed E-state index contributed by atoms with van der Waals surface area (Å²) in [5.74, 6) is 0.563. The Balaban J connectivity index is 2.71. The summed E-state index contributed by atoms with van der Waals surface area (Å²) in [6.45, 7) is 4.31. The van der Waals surface area contributed by atoms with E-state index in [1.807, 2.05) is 12.1 Å². The van der Waals surface area contributed by atoms with Crippen LogP contribution in [0.3, 0.4) is 0 Å². The Hall–Kier alpha value is -1.02. The van der Waals surface area contributed by atoms with E-state index in [1.165, 1.54) is 5.56 Å². The number of aliphatic hydroxyl groups is 1. The van der Waals surface area contributed by atoms with E-state index in [0.29, 0.717) is 5.92 Å². The molecule has 2 N–H and O–H groups in total. The molecule has 0 atom stereocenters. The van der Waals surface area contributed by atoms with Gasteiger partial charge in [0.2, 0.25) is 0 Å². The molecule has 0 aromatic heterocycles. The van der Waals surface area contributed by atoms with E-state index in [1.54, 1.807) is 0 Å². The number of benzene rings is 1. The topological polar surface area (TPSA) is 32.3 Å². The Kier molecular flexibility index (Phi) is 3.11. The molecule has 1 aromatic rings. The van der Waals surface area contributed by atoms with Crippen LogP contribution in [0.15, 0.2) is 24.3 Å². The smallest absolute Gasteiger partial charge is 0.113 e. The van der Waals surface area contributed by atoms with Crippen molar-refractivity contribution >= 4 is 5.69 Å². The van der Waals surface area contributed by atoms with Gasteiger partial charge in [0.1, 0.15) is 6.73 Å². The Morgan fingerprint density at radius 1 is 1.25 bits per heavy atom. The molecule has 0 saturated carbocycles. The fourth-order valence-electron chi connectivity index (χ4n) is 1.08. The van der Waals surface area contributed by atoms with Crippen LogP contribution in [0.4, 0.5) is 5.69 Å². The highest BCUT2D eigenvalue weighted by Crippen LogP contribution is 2.16. The van der Waals surface area contributed by atoms with Crippen LogP contribution < -0.4 is 5.32 Å². The van der Waals surface area contributed by atoms with Gasteiger partial charge in [-0.25, -0.2) is 0 Å². The van der Waals surface area contributed by atoms with Crippen molar-refractivity contribution in [3.8, 4) is 0 Å². The molecule has 0 amide bonds. The summed E-state index contributed by atoms with van der Waals surface area (Å²) in [7, 11) is 0. The van der Waals surface area contributed by atoms with Crippen molar-refractivity contribution in [1.82, 2.24) is 0 Å². The van der Waals surface area contributed by atoms with Gasteiger partial charge >= 0.3 is 0 Å². The molecule has 0 saturated heterocycles. The van der Waals surface area contributed by atoms with Crippen molar-refractivity contribution < 1.29 is 5.11 Å². The normalized spacial score (nSPS) is 10.3. The van der Waals surface area contributed by atoms with Gasteiger partial charge in [-0.1, -0.05) is 26.0 Å². The van der Waals surface area contributed by atoms with Crippen LogP contribution in [0.5, 0.6) is 0 Å². The SMILES string of the molecule is CC(C)c1ccc(NCO)cc1. The van der Waals surface area contributed by atoms with E-state index in [2.05, 4.69) is 31.3 Å².